The first-order valence-electron chi connectivity index (χ1n) is 8.78. The predicted octanol–water partition coefficient (Wildman–Crippen LogP) is 4.46. The maximum Gasteiger partial charge on any atom is 0.286 e. The molecule has 0 saturated heterocycles. The number of ether oxygens (including phenoxy) is 1. The van der Waals surface area contributed by atoms with Gasteiger partial charge in [0.1, 0.15) is 0 Å². The first-order chi connectivity index (χ1) is 13.1. The zero-order valence-electron chi connectivity index (χ0n) is 15.3. The number of furan rings is 1. The van der Waals surface area contributed by atoms with Gasteiger partial charge < -0.3 is 9.15 Å². The summed E-state index contributed by atoms with van der Waals surface area (Å²) < 4.78 is 11.2. The van der Waals surface area contributed by atoms with E-state index in [-0.39, 0.29) is 23.5 Å². The third-order valence-electron chi connectivity index (χ3n) is 4.07. The number of hydrogen-bond acceptors (Lipinski definition) is 4. The molecule has 27 heavy (non-hydrogen) atoms. The van der Waals surface area contributed by atoms with Crippen LogP contribution in [-0.2, 0) is 11.3 Å². The van der Waals surface area contributed by atoms with E-state index in [9.17, 15) is 9.59 Å². The normalized spacial score (nSPS) is 10.4. The minimum atomic E-state index is -0.224. The van der Waals surface area contributed by atoms with E-state index in [0.29, 0.717) is 24.3 Å². The molecular formula is C22H21NO4. The van der Waals surface area contributed by atoms with Gasteiger partial charge in [0, 0.05) is 18.6 Å². The van der Waals surface area contributed by atoms with Crippen molar-refractivity contribution in [2.45, 2.75) is 20.4 Å². The Hall–Kier alpha value is -3.34. The van der Waals surface area contributed by atoms with Crippen molar-refractivity contribution >= 4 is 17.6 Å². The minimum absolute atomic E-state index is 0.198. The highest BCUT2D eigenvalue weighted by Gasteiger charge is 2.26. The van der Waals surface area contributed by atoms with Gasteiger partial charge in [0.05, 0.1) is 18.7 Å². The molecule has 0 aliphatic carbocycles. The molecule has 0 atom stereocenters. The lowest BCUT2D eigenvalue weighted by molar-refractivity contribution is -0.116. The number of carbonyl (C=O) groups excluding carboxylic acids is 2. The van der Waals surface area contributed by atoms with Crippen LogP contribution in [0.5, 0.6) is 5.95 Å². The monoisotopic (exact) mass is 363 g/mol. The average Bonchev–Trinajstić information content (AvgIpc) is 3.10. The Labute approximate surface area is 158 Å². The first kappa shape index (κ1) is 18.5. The molecular weight excluding hydrogens is 342 g/mol. The number of anilines is 1. The Morgan fingerprint density at radius 2 is 1.63 bits per heavy atom. The molecule has 5 nitrogen and oxygen atoms in total. The average molecular weight is 363 g/mol. The predicted molar refractivity (Wildman–Crippen MR) is 103 cm³/mol. The molecule has 138 valence electrons. The number of benzene rings is 2. The van der Waals surface area contributed by atoms with Crippen LogP contribution in [0.25, 0.3) is 0 Å². The van der Waals surface area contributed by atoms with E-state index in [1.807, 2.05) is 43.3 Å². The summed E-state index contributed by atoms with van der Waals surface area (Å²) in [5, 5.41) is 0. The molecule has 0 unspecified atom stereocenters. The SMILES string of the molecule is CCOc1cc(C(=O)c2ccccc2)c(N(Cc2ccccc2)C(C)=O)o1. The first-order valence-corrected chi connectivity index (χ1v) is 8.78. The lowest BCUT2D eigenvalue weighted by Crippen LogP contribution is -2.28. The number of ketones is 1. The zero-order valence-corrected chi connectivity index (χ0v) is 15.3. The number of hydrogen-bond donors (Lipinski definition) is 0. The molecule has 3 aromatic rings. The molecule has 2 aromatic carbocycles. The van der Waals surface area contributed by atoms with Gasteiger partial charge in [0.15, 0.2) is 5.78 Å². The molecule has 0 N–H and O–H groups in total. The number of rotatable bonds is 7. The quantitative estimate of drug-likeness (QED) is 0.582. The fraction of sp³-hybridized carbons (Fsp3) is 0.182. The van der Waals surface area contributed by atoms with Gasteiger partial charge in [-0.15, -0.1) is 0 Å². The van der Waals surface area contributed by atoms with Crippen LogP contribution in [0.3, 0.4) is 0 Å². The van der Waals surface area contributed by atoms with Crippen LogP contribution in [0.1, 0.15) is 35.3 Å². The van der Waals surface area contributed by atoms with E-state index in [1.54, 1.807) is 30.3 Å². The Balaban J connectivity index is 2.03. The van der Waals surface area contributed by atoms with Crippen LogP contribution in [0, 0.1) is 0 Å². The number of amides is 1. The van der Waals surface area contributed by atoms with Gasteiger partial charge in [-0.1, -0.05) is 60.7 Å². The molecule has 0 fully saturated rings. The Morgan fingerprint density at radius 3 is 2.22 bits per heavy atom. The lowest BCUT2D eigenvalue weighted by Gasteiger charge is -2.19. The largest absolute Gasteiger partial charge is 0.465 e. The molecule has 1 heterocycles. The smallest absolute Gasteiger partial charge is 0.286 e. The molecule has 0 aliphatic heterocycles. The van der Waals surface area contributed by atoms with Crippen molar-refractivity contribution in [1.29, 1.82) is 0 Å². The lowest BCUT2D eigenvalue weighted by atomic mass is 10.0. The molecule has 0 spiro atoms. The Kier molecular flexibility index (Phi) is 5.71. The molecule has 0 aliphatic rings. The third-order valence-corrected chi connectivity index (χ3v) is 4.07. The number of carbonyl (C=O) groups is 2. The van der Waals surface area contributed by atoms with Crippen molar-refractivity contribution in [1.82, 2.24) is 0 Å². The van der Waals surface area contributed by atoms with Gasteiger partial charge >= 0.3 is 0 Å². The van der Waals surface area contributed by atoms with Gasteiger partial charge in [-0.3, -0.25) is 14.5 Å². The molecule has 0 saturated carbocycles. The van der Waals surface area contributed by atoms with Crippen molar-refractivity contribution in [3.8, 4) is 5.95 Å². The third kappa shape index (κ3) is 4.26. The number of nitrogens with zero attached hydrogens (tertiary/aromatic N) is 1. The van der Waals surface area contributed by atoms with Crippen molar-refractivity contribution in [2.24, 2.45) is 0 Å². The van der Waals surface area contributed by atoms with E-state index in [4.69, 9.17) is 9.15 Å². The summed E-state index contributed by atoms with van der Waals surface area (Å²) in [7, 11) is 0. The Bertz CT molecular complexity index is 916. The minimum Gasteiger partial charge on any atom is -0.465 e. The topological polar surface area (TPSA) is 59.8 Å². The second kappa shape index (κ2) is 8.36. The summed E-state index contributed by atoms with van der Waals surface area (Å²) in [6.07, 6.45) is 0. The van der Waals surface area contributed by atoms with Crippen LogP contribution in [0.15, 0.2) is 71.1 Å². The molecule has 0 radical (unpaired) electrons. The molecule has 3 rings (SSSR count). The highest BCUT2D eigenvalue weighted by Crippen LogP contribution is 2.33. The van der Waals surface area contributed by atoms with Gasteiger partial charge in [0.25, 0.3) is 5.95 Å². The maximum atomic E-state index is 13.0. The summed E-state index contributed by atoms with van der Waals surface area (Å²) >= 11 is 0. The van der Waals surface area contributed by atoms with E-state index in [0.717, 1.165) is 5.56 Å². The second-order valence-electron chi connectivity index (χ2n) is 6.00. The summed E-state index contributed by atoms with van der Waals surface area (Å²) in [4.78, 5) is 26.8. The second-order valence-corrected chi connectivity index (χ2v) is 6.00. The van der Waals surface area contributed by atoms with Crippen molar-refractivity contribution in [3.63, 3.8) is 0 Å². The summed E-state index contributed by atoms with van der Waals surface area (Å²) in [6, 6.07) is 20.0. The van der Waals surface area contributed by atoms with E-state index in [1.165, 1.54) is 11.8 Å². The highest BCUT2D eigenvalue weighted by atomic mass is 16.6. The molecule has 1 aromatic heterocycles. The molecule has 5 heteroatoms. The van der Waals surface area contributed by atoms with Crippen molar-refractivity contribution in [2.75, 3.05) is 11.5 Å². The van der Waals surface area contributed by atoms with Gasteiger partial charge in [-0.25, -0.2) is 0 Å². The van der Waals surface area contributed by atoms with E-state index in [2.05, 4.69) is 0 Å². The summed E-state index contributed by atoms with van der Waals surface area (Å²) in [6.45, 7) is 3.96. The van der Waals surface area contributed by atoms with E-state index < -0.39 is 0 Å². The Morgan fingerprint density at radius 1 is 1.00 bits per heavy atom. The molecule has 0 bridgehead atoms. The highest BCUT2D eigenvalue weighted by molar-refractivity contribution is 6.13. The fourth-order valence-corrected chi connectivity index (χ4v) is 2.77. The van der Waals surface area contributed by atoms with Crippen LogP contribution in [0.4, 0.5) is 5.88 Å². The van der Waals surface area contributed by atoms with Crippen molar-refractivity contribution in [3.05, 3.63) is 83.4 Å². The van der Waals surface area contributed by atoms with Crippen LogP contribution < -0.4 is 9.64 Å². The fourth-order valence-electron chi connectivity index (χ4n) is 2.77. The summed E-state index contributed by atoms with van der Waals surface area (Å²) in [5.74, 6) is -0.0345. The standard InChI is InChI=1S/C22H21NO4/c1-3-26-20-14-19(21(25)18-12-8-5-9-13-18)22(27-20)23(16(2)24)15-17-10-6-4-7-11-17/h4-14H,3,15H2,1-2H3. The van der Waals surface area contributed by atoms with Crippen LogP contribution >= 0.6 is 0 Å². The molecule has 1 amide bonds. The van der Waals surface area contributed by atoms with E-state index >= 15 is 0 Å². The zero-order chi connectivity index (χ0) is 19.2. The van der Waals surface area contributed by atoms with Crippen LogP contribution in [-0.4, -0.2) is 18.3 Å². The van der Waals surface area contributed by atoms with Gasteiger partial charge in [-0.2, -0.15) is 0 Å². The van der Waals surface area contributed by atoms with Crippen molar-refractivity contribution < 1.29 is 18.7 Å². The van der Waals surface area contributed by atoms with Gasteiger partial charge in [0.2, 0.25) is 11.8 Å². The van der Waals surface area contributed by atoms with Crippen LogP contribution in [0.2, 0.25) is 0 Å². The maximum absolute atomic E-state index is 13.0. The van der Waals surface area contributed by atoms with Gasteiger partial charge in [-0.05, 0) is 12.5 Å². The summed E-state index contributed by atoms with van der Waals surface area (Å²) in [5.41, 5.74) is 1.75.